The largest absolute Gasteiger partial charge is 0.317 e. The normalized spacial score (nSPS) is 15.5. The van der Waals surface area contributed by atoms with Gasteiger partial charge in [-0.25, -0.2) is 0 Å². The summed E-state index contributed by atoms with van der Waals surface area (Å²) in [5, 5.41) is 4.95. The van der Waals surface area contributed by atoms with Crippen molar-refractivity contribution in [2.75, 3.05) is 4.90 Å². The van der Waals surface area contributed by atoms with Gasteiger partial charge >= 0.3 is 0 Å². The Kier molecular flexibility index (Phi) is 4.69. The summed E-state index contributed by atoms with van der Waals surface area (Å²) in [6.45, 7) is 0. The predicted molar refractivity (Wildman–Crippen MR) is 126 cm³/mol. The van der Waals surface area contributed by atoms with E-state index in [1.165, 1.54) is 4.90 Å². The highest BCUT2D eigenvalue weighted by molar-refractivity contribution is 7.80. The van der Waals surface area contributed by atoms with Crippen molar-refractivity contribution in [2.45, 2.75) is 0 Å². The first kappa shape index (κ1) is 19.0. The lowest BCUT2D eigenvalue weighted by Crippen LogP contribution is -2.54. The van der Waals surface area contributed by atoms with Crippen molar-refractivity contribution in [1.82, 2.24) is 9.88 Å². The van der Waals surface area contributed by atoms with E-state index in [9.17, 15) is 9.59 Å². The lowest BCUT2D eigenvalue weighted by molar-refractivity contribution is -0.122. The predicted octanol–water partition coefficient (Wildman–Crippen LogP) is 4.46. The van der Waals surface area contributed by atoms with Crippen molar-refractivity contribution in [1.29, 1.82) is 0 Å². The summed E-state index contributed by atoms with van der Waals surface area (Å²) >= 11 is 5.25. The maximum atomic E-state index is 13.2. The Morgan fingerprint density at radius 2 is 1.52 bits per heavy atom. The van der Waals surface area contributed by atoms with Crippen molar-refractivity contribution < 1.29 is 9.59 Å². The average Bonchev–Trinajstić information content (AvgIpc) is 3.25. The number of fused-ring (bicyclic) bond motifs is 1. The number of carbonyl (C=O) groups excluding carboxylic acids is 2. The molecule has 5 nitrogen and oxygen atoms in total. The number of carbonyl (C=O) groups is 2. The zero-order valence-electron chi connectivity index (χ0n) is 16.4. The molecule has 2 amide bonds. The minimum Gasteiger partial charge on any atom is -0.317 e. The molecular formula is C25H17N3O2S. The number of nitrogens with one attached hydrogen (secondary N) is 1. The molecule has 5 rings (SSSR count). The van der Waals surface area contributed by atoms with Crippen molar-refractivity contribution >= 4 is 51.7 Å². The first-order chi connectivity index (χ1) is 15.1. The summed E-state index contributed by atoms with van der Waals surface area (Å²) in [5.74, 6) is -0.959. The molecule has 1 aromatic heterocycles. The third-order valence-electron chi connectivity index (χ3n) is 5.20. The van der Waals surface area contributed by atoms with Gasteiger partial charge in [-0.15, -0.1) is 0 Å². The molecule has 1 saturated heterocycles. The summed E-state index contributed by atoms with van der Waals surface area (Å²) in [7, 11) is 0. The number of para-hydroxylation sites is 1. The van der Waals surface area contributed by atoms with Crippen molar-refractivity contribution in [3.05, 3.63) is 102 Å². The second kappa shape index (κ2) is 7.66. The summed E-state index contributed by atoms with van der Waals surface area (Å²) in [4.78, 5) is 27.2. The molecule has 0 aliphatic carbocycles. The molecule has 0 radical (unpaired) electrons. The van der Waals surface area contributed by atoms with Crippen LogP contribution in [0, 0.1) is 0 Å². The number of hydrogen-bond acceptors (Lipinski definition) is 3. The van der Waals surface area contributed by atoms with Gasteiger partial charge in [0.1, 0.15) is 5.57 Å². The molecule has 6 heteroatoms. The van der Waals surface area contributed by atoms with Gasteiger partial charge in [-0.05, 0) is 65.5 Å². The second-order valence-electron chi connectivity index (χ2n) is 7.13. The lowest BCUT2D eigenvalue weighted by Gasteiger charge is -2.28. The molecule has 0 unspecified atom stereocenters. The maximum absolute atomic E-state index is 13.2. The van der Waals surface area contributed by atoms with Crippen LogP contribution in [-0.2, 0) is 9.59 Å². The third-order valence-corrected chi connectivity index (χ3v) is 5.48. The fraction of sp³-hybridized carbons (Fsp3) is 0. The lowest BCUT2D eigenvalue weighted by atomic mass is 10.1. The zero-order valence-corrected chi connectivity index (χ0v) is 17.2. The van der Waals surface area contributed by atoms with Gasteiger partial charge in [0.25, 0.3) is 11.8 Å². The molecule has 0 spiro atoms. The number of benzene rings is 3. The van der Waals surface area contributed by atoms with E-state index in [4.69, 9.17) is 12.2 Å². The van der Waals surface area contributed by atoms with E-state index in [0.29, 0.717) is 5.69 Å². The number of nitrogens with zero attached hydrogens (tertiary/aromatic N) is 2. The molecule has 1 aliphatic heterocycles. The molecule has 2 heterocycles. The molecule has 150 valence electrons. The first-order valence-corrected chi connectivity index (χ1v) is 10.2. The fourth-order valence-corrected chi connectivity index (χ4v) is 3.97. The quantitative estimate of drug-likeness (QED) is 0.301. The van der Waals surface area contributed by atoms with E-state index in [-0.39, 0.29) is 10.7 Å². The Morgan fingerprint density at radius 1 is 0.774 bits per heavy atom. The number of anilines is 1. The highest BCUT2D eigenvalue weighted by atomic mass is 32.1. The van der Waals surface area contributed by atoms with Gasteiger partial charge in [0.2, 0.25) is 0 Å². The van der Waals surface area contributed by atoms with Gasteiger partial charge in [0.05, 0.1) is 5.69 Å². The molecule has 1 N–H and O–H groups in total. The Morgan fingerprint density at radius 3 is 2.32 bits per heavy atom. The van der Waals surface area contributed by atoms with Crippen molar-refractivity contribution in [3.63, 3.8) is 0 Å². The molecule has 3 aromatic carbocycles. The Balaban J connectivity index is 1.56. The third kappa shape index (κ3) is 3.43. The second-order valence-corrected chi connectivity index (χ2v) is 7.51. The van der Waals surface area contributed by atoms with E-state index >= 15 is 0 Å². The molecule has 4 aromatic rings. The Bertz CT molecular complexity index is 1370. The molecule has 1 aliphatic rings. The van der Waals surface area contributed by atoms with E-state index < -0.39 is 11.8 Å². The van der Waals surface area contributed by atoms with Crippen LogP contribution in [0.5, 0.6) is 0 Å². The summed E-state index contributed by atoms with van der Waals surface area (Å²) < 4.78 is 1.94. The Labute approximate surface area is 184 Å². The fourth-order valence-electron chi connectivity index (χ4n) is 3.69. The maximum Gasteiger partial charge on any atom is 0.270 e. The first-order valence-electron chi connectivity index (χ1n) is 9.75. The van der Waals surface area contributed by atoms with Crippen LogP contribution in [-0.4, -0.2) is 21.5 Å². The molecule has 31 heavy (non-hydrogen) atoms. The molecule has 0 atom stereocenters. The van der Waals surface area contributed by atoms with Gasteiger partial charge in [0.15, 0.2) is 5.11 Å². The summed E-state index contributed by atoms with van der Waals surface area (Å²) in [6, 6.07) is 27.0. The minimum absolute atomic E-state index is 0.0261. The number of thiocarbonyl (C=S) groups is 1. The van der Waals surface area contributed by atoms with Crippen LogP contribution in [0.3, 0.4) is 0 Å². The topological polar surface area (TPSA) is 54.3 Å². The van der Waals surface area contributed by atoms with Crippen molar-refractivity contribution in [3.8, 4) is 5.69 Å². The summed E-state index contributed by atoms with van der Waals surface area (Å²) in [6.07, 6.45) is 3.51. The van der Waals surface area contributed by atoms with Crippen LogP contribution in [0.1, 0.15) is 5.69 Å². The number of aromatic nitrogens is 1. The molecule has 0 saturated carbocycles. The van der Waals surface area contributed by atoms with Gasteiger partial charge in [-0.3, -0.25) is 19.8 Å². The molecule has 1 fully saturated rings. The molecule has 0 bridgehead atoms. The van der Waals surface area contributed by atoms with Gasteiger partial charge in [0, 0.05) is 17.6 Å². The number of rotatable bonds is 3. The van der Waals surface area contributed by atoms with Crippen LogP contribution < -0.4 is 10.2 Å². The molecular weight excluding hydrogens is 406 g/mol. The van der Waals surface area contributed by atoms with Gasteiger partial charge < -0.3 is 4.57 Å². The van der Waals surface area contributed by atoms with E-state index in [1.54, 1.807) is 18.2 Å². The van der Waals surface area contributed by atoms with Crippen LogP contribution in [0.4, 0.5) is 5.69 Å². The summed E-state index contributed by atoms with van der Waals surface area (Å²) in [5.41, 5.74) is 2.29. The zero-order chi connectivity index (χ0) is 21.4. The smallest absolute Gasteiger partial charge is 0.270 e. The van der Waals surface area contributed by atoms with E-state index in [1.807, 2.05) is 59.3 Å². The Hall–Kier alpha value is -4.03. The van der Waals surface area contributed by atoms with Crippen LogP contribution in [0.2, 0.25) is 0 Å². The number of hydrogen-bond donors (Lipinski definition) is 1. The number of amides is 2. The van der Waals surface area contributed by atoms with Gasteiger partial charge in [-0.2, -0.15) is 0 Å². The van der Waals surface area contributed by atoms with Gasteiger partial charge in [-0.1, -0.05) is 48.5 Å². The standard InChI is InChI=1S/C25H17N3O2S/c29-23-22(24(30)28(25(31)26-23)19-9-2-1-3-10-19)16-20-11-6-14-27(20)21-13-12-17-7-4-5-8-18(17)15-21/h1-16H,(H,26,29,31). The average molecular weight is 423 g/mol. The van der Waals surface area contributed by atoms with E-state index in [2.05, 4.69) is 29.6 Å². The van der Waals surface area contributed by atoms with Crippen LogP contribution in [0.25, 0.3) is 22.5 Å². The highest BCUT2D eigenvalue weighted by Gasteiger charge is 2.34. The SMILES string of the molecule is O=C1NC(=S)N(c2ccccc2)C(=O)C1=Cc1cccn1-c1ccc2ccccc2c1. The van der Waals surface area contributed by atoms with Crippen LogP contribution in [0.15, 0.2) is 96.7 Å². The van der Waals surface area contributed by atoms with E-state index in [0.717, 1.165) is 22.2 Å². The highest BCUT2D eigenvalue weighted by Crippen LogP contribution is 2.24. The van der Waals surface area contributed by atoms with Crippen molar-refractivity contribution in [2.24, 2.45) is 0 Å². The monoisotopic (exact) mass is 423 g/mol. The van der Waals surface area contributed by atoms with Crippen LogP contribution >= 0.6 is 12.2 Å². The minimum atomic E-state index is -0.506.